The molecule has 10 nitrogen and oxygen atoms in total. The lowest BCUT2D eigenvalue weighted by molar-refractivity contribution is -0.170. The van der Waals surface area contributed by atoms with Crippen molar-refractivity contribution in [2.45, 2.75) is 11.8 Å². The predicted molar refractivity (Wildman–Crippen MR) is 73.3 cm³/mol. The maximum absolute atomic E-state index is 12.3. The lowest BCUT2D eigenvalue weighted by Gasteiger charge is -2.29. The number of rotatable bonds is 7. The van der Waals surface area contributed by atoms with Gasteiger partial charge in [-0.2, -0.15) is 0 Å². The van der Waals surface area contributed by atoms with Crippen molar-refractivity contribution in [3.63, 3.8) is 0 Å². The maximum atomic E-state index is 12.3. The highest BCUT2D eigenvalue weighted by atomic mass is 16.5. The molecular weight excluding hydrogens is 298 g/mol. The summed E-state index contributed by atoms with van der Waals surface area (Å²) in [5.41, 5.74) is -6.73. The Balaban J connectivity index is 3.92. The topological polar surface area (TPSA) is 151 Å². The Kier molecular flexibility index (Phi) is 4.91. The van der Waals surface area contributed by atoms with E-state index in [2.05, 4.69) is 13.2 Å². The summed E-state index contributed by atoms with van der Waals surface area (Å²) < 4.78 is 4.85. The quantitative estimate of drug-likeness (QED) is 0.283. The Morgan fingerprint density at radius 1 is 1.27 bits per heavy atom. The zero-order valence-corrected chi connectivity index (χ0v) is 11.5. The molecule has 1 rings (SSSR count). The molecular formula is C12H13N3O7. The van der Waals surface area contributed by atoms with Crippen LogP contribution < -0.4 is 17.1 Å². The van der Waals surface area contributed by atoms with Gasteiger partial charge in [0, 0.05) is 7.11 Å². The number of aromatic nitrogens is 3. The third kappa shape index (κ3) is 2.52. The van der Waals surface area contributed by atoms with Gasteiger partial charge in [0.1, 0.15) is 6.10 Å². The molecule has 1 aromatic heterocycles. The van der Waals surface area contributed by atoms with E-state index in [9.17, 15) is 29.1 Å². The smallest absolute Gasteiger partial charge is 0.336 e. The fourth-order valence-corrected chi connectivity index (χ4v) is 1.80. The van der Waals surface area contributed by atoms with Crippen molar-refractivity contribution in [2.24, 2.45) is 0 Å². The van der Waals surface area contributed by atoms with E-state index in [0.717, 1.165) is 13.2 Å². The molecule has 2 atom stereocenters. The SMILES string of the molecule is C=CC(=O)C(OC)(C(=O)C(O)C=C)n1c(=O)[nH]c(=O)[nH]c1=O. The number of Topliss-reactive ketones (excluding diaryl/α,β-unsaturated/α-hetero) is 1. The van der Waals surface area contributed by atoms with Crippen LogP contribution in [0.25, 0.3) is 0 Å². The van der Waals surface area contributed by atoms with Crippen LogP contribution in [-0.2, 0) is 20.1 Å². The molecule has 10 heteroatoms. The molecule has 1 aromatic rings. The summed E-state index contributed by atoms with van der Waals surface area (Å²) in [5.74, 6) is -2.55. The van der Waals surface area contributed by atoms with E-state index in [-0.39, 0.29) is 4.57 Å². The van der Waals surface area contributed by atoms with Gasteiger partial charge in [0.25, 0.3) is 5.72 Å². The van der Waals surface area contributed by atoms with Crippen LogP contribution in [0.2, 0.25) is 0 Å². The summed E-state index contributed by atoms with van der Waals surface area (Å²) in [6.07, 6.45) is -0.506. The Labute approximate surface area is 122 Å². The van der Waals surface area contributed by atoms with Crippen LogP contribution in [0.5, 0.6) is 0 Å². The van der Waals surface area contributed by atoms with Crippen molar-refractivity contribution >= 4 is 11.6 Å². The van der Waals surface area contributed by atoms with Gasteiger partial charge in [0.2, 0.25) is 11.6 Å². The van der Waals surface area contributed by atoms with Gasteiger partial charge in [-0.05, 0) is 6.08 Å². The fourth-order valence-electron chi connectivity index (χ4n) is 1.80. The zero-order chi connectivity index (χ0) is 17.1. The number of methoxy groups -OCH3 is 1. The number of nitrogens with zero attached hydrogens (tertiary/aromatic N) is 1. The molecule has 0 saturated heterocycles. The van der Waals surface area contributed by atoms with Crippen LogP contribution in [0.3, 0.4) is 0 Å². The van der Waals surface area contributed by atoms with E-state index in [0.29, 0.717) is 6.08 Å². The van der Waals surface area contributed by atoms with Crippen LogP contribution in [-0.4, -0.2) is 44.4 Å². The van der Waals surface area contributed by atoms with Crippen molar-refractivity contribution in [2.75, 3.05) is 7.11 Å². The highest BCUT2D eigenvalue weighted by Crippen LogP contribution is 2.20. The van der Waals surface area contributed by atoms with Gasteiger partial charge in [0.05, 0.1) is 0 Å². The summed E-state index contributed by atoms with van der Waals surface area (Å²) in [7, 11) is 0.867. The molecule has 0 aliphatic carbocycles. The van der Waals surface area contributed by atoms with Gasteiger partial charge in [-0.3, -0.25) is 19.6 Å². The maximum Gasteiger partial charge on any atom is 0.336 e. The molecule has 0 aromatic carbocycles. The van der Waals surface area contributed by atoms with Crippen molar-refractivity contribution in [1.82, 2.24) is 14.5 Å². The Hall–Kier alpha value is -2.85. The van der Waals surface area contributed by atoms with Gasteiger partial charge in [-0.15, -0.1) is 6.58 Å². The number of aliphatic hydroxyl groups excluding tert-OH is 1. The first kappa shape index (κ1) is 17.2. The van der Waals surface area contributed by atoms with E-state index >= 15 is 0 Å². The van der Waals surface area contributed by atoms with Gasteiger partial charge >= 0.3 is 17.1 Å². The molecule has 2 unspecified atom stereocenters. The lowest BCUT2D eigenvalue weighted by Crippen LogP contribution is -2.63. The number of nitrogens with one attached hydrogen (secondary N) is 2. The molecule has 0 amide bonds. The van der Waals surface area contributed by atoms with Gasteiger partial charge in [-0.25, -0.2) is 19.0 Å². The van der Waals surface area contributed by atoms with Crippen LogP contribution in [0.15, 0.2) is 39.7 Å². The summed E-state index contributed by atoms with van der Waals surface area (Å²) in [4.78, 5) is 62.5. The van der Waals surface area contributed by atoms with Gasteiger partial charge in [-0.1, -0.05) is 12.7 Å². The van der Waals surface area contributed by atoms with Crippen LogP contribution in [0, 0.1) is 0 Å². The standard InChI is InChI=1S/C12H13N3O7/c1-4-6(16)8(18)12(22-3,7(17)5-2)15-10(20)13-9(19)14-11(15)21/h4-6,16H,1-2H2,3H3,(H2,13,14,19,20,21). The van der Waals surface area contributed by atoms with E-state index in [1.54, 1.807) is 9.97 Å². The molecule has 0 bridgehead atoms. The largest absolute Gasteiger partial charge is 0.381 e. The molecule has 0 aliphatic rings. The number of aromatic amines is 2. The molecule has 1 heterocycles. The summed E-state index contributed by atoms with van der Waals surface area (Å²) in [6, 6.07) is 0. The molecule has 3 N–H and O–H groups in total. The first-order valence-electron chi connectivity index (χ1n) is 5.79. The zero-order valence-electron chi connectivity index (χ0n) is 11.5. The number of carbonyl (C=O) groups excluding carboxylic acids is 2. The number of hydrogen-bond acceptors (Lipinski definition) is 7. The Morgan fingerprint density at radius 3 is 2.14 bits per heavy atom. The average Bonchev–Trinajstić information content (AvgIpc) is 2.48. The van der Waals surface area contributed by atoms with Gasteiger partial charge < -0.3 is 9.84 Å². The highest BCUT2D eigenvalue weighted by Gasteiger charge is 2.51. The lowest BCUT2D eigenvalue weighted by atomic mass is 9.97. The van der Waals surface area contributed by atoms with E-state index < -0.39 is 40.5 Å². The van der Waals surface area contributed by atoms with Crippen LogP contribution in [0.4, 0.5) is 0 Å². The highest BCUT2D eigenvalue weighted by molar-refractivity contribution is 6.13. The van der Waals surface area contributed by atoms with Gasteiger partial charge in [0.15, 0.2) is 0 Å². The minimum atomic E-state index is -2.83. The molecule has 0 saturated carbocycles. The first-order valence-corrected chi connectivity index (χ1v) is 5.79. The molecule has 118 valence electrons. The third-order valence-electron chi connectivity index (χ3n) is 2.80. The fraction of sp³-hybridized carbons (Fsp3) is 0.250. The molecule has 0 fully saturated rings. The third-order valence-corrected chi connectivity index (χ3v) is 2.80. The number of aliphatic hydroxyl groups is 1. The second-order valence-electron chi connectivity index (χ2n) is 3.99. The minimum absolute atomic E-state index is 0.0491. The monoisotopic (exact) mass is 311 g/mol. The molecule has 0 spiro atoms. The summed E-state index contributed by atoms with van der Waals surface area (Å²) in [6.45, 7) is 6.33. The Morgan fingerprint density at radius 2 is 1.77 bits per heavy atom. The number of ether oxygens (including phenoxy) is 1. The second kappa shape index (κ2) is 6.28. The number of ketones is 2. The second-order valence-corrected chi connectivity index (χ2v) is 3.99. The predicted octanol–water partition coefficient (Wildman–Crippen LogP) is -2.60. The van der Waals surface area contributed by atoms with Crippen LogP contribution >= 0.6 is 0 Å². The van der Waals surface area contributed by atoms with Crippen molar-refractivity contribution < 1.29 is 19.4 Å². The average molecular weight is 311 g/mol. The first-order chi connectivity index (χ1) is 10.3. The van der Waals surface area contributed by atoms with Crippen molar-refractivity contribution in [1.29, 1.82) is 0 Å². The molecule has 0 aliphatic heterocycles. The minimum Gasteiger partial charge on any atom is -0.381 e. The molecule has 0 radical (unpaired) electrons. The van der Waals surface area contributed by atoms with Crippen molar-refractivity contribution in [3.05, 3.63) is 56.8 Å². The number of carbonyl (C=O) groups is 2. The summed E-state index contributed by atoms with van der Waals surface area (Å²) in [5, 5.41) is 9.60. The number of hydrogen-bond donors (Lipinski definition) is 3. The normalized spacial score (nSPS) is 14.6. The number of H-pyrrole nitrogens is 2. The van der Waals surface area contributed by atoms with E-state index in [1.807, 2.05) is 0 Å². The van der Waals surface area contributed by atoms with E-state index in [1.165, 1.54) is 0 Å². The van der Waals surface area contributed by atoms with Crippen molar-refractivity contribution in [3.8, 4) is 0 Å². The summed E-state index contributed by atoms with van der Waals surface area (Å²) >= 11 is 0. The van der Waals surface area contributed by atoms with Crippen LogP contribution in [0.1, 0.15) is 0 Å². The van der Waals surface area contributed by atoms with E-state index in [4.69, 9.17) is 4.74 Å². The Bertz CT molecular complexity index is 766. The molecule has 22 heavy (non-hydrogen) atoms.